The van der Waals surface area contributed by atoms with Crippen LogP contribution in [0.2, 0.25) is 5.02 Å². The summed E-state index contributed by atoms with van der Waals surface area (Å²) in [5.41, 5.74) is 4.50. The fourth-order valence-electron chi connectivity index (χ4n) is 2.96. The van der Waals surface area contributed by atoms with Gasteiger partial charge in [-0.05, 0) is 31.5 Å². The van der Waals surface area contributed by atoms with Gasteiger partial charge >= 0.3 is 5.97 Å². The van der Waals surface area contributed by atoms with Crippen LogP contribution in [0.1, 0.15) is 22.5 Å². The Morgan fingerprint density at radius 2 is 1.91 bits per heavy atom. The van der Waals surface area contributed by atoms with Crippen molar-refractivity contribution < 1.29 is 9.90 Å². The Hall–Kier alpha value is -1.85. The zero-order chi connectivity index (χ0) is 16.6. The number of halogens is 1. The third kappa shape index (κ3) is 3.41. The molecule has 0 spiro atoms. The number of carboxylic acid groups (broad SMARTS) is 1. The van der Waals surface area contributed by atoms with E-state index in [0.717, 1.165) is 28.5 Å². The van der Waals surface area contributed by atoms with Crippen LogP contribution in [0.4, 0.5) is 0 Å². The number of aliphatic carboxylic acids is 1. The zero-order valence-corrected chi connectivity index (χ0v) is 14.0. The Bertz CT molecular complexity index is 718. The number of carboxylic acids is 1. The maximum Gasteiger partial charge on any atom is 0.309 e. The highest BCUT2D eigenvalue weighted by molar-refractivity contribution is 6.30. The second-order valence-electron chi connectivity index (χ2n) is 6.16. The van der Waals surface area contributed by atoms with E-state index < -0.39 is 5.97 Å². The van der Waals surface area contributed by atoms with Crippen LogP contribution in [0.25, 0.3) is 0 Å². The van der Waals surface area contributed by atoms with Gasteiger partial charge in [0, 0.05) is 35.9 Å². The van der Waals surface area contributed by atoms with Crippen LogP contribution < -0.4 is 0 Å². The predicted octanol–water partition coefficient (Wildman–Crippen LogP) is 2.72. The first kappa shape index (κ1) is 16.0. The van der Waals surface area contributed by atoms with E-state index in [1.807, 2.05) is 35.9 Å². The first-order chi connectivity index (χ1) is 10.9. The minimum atomic E-state index is -0.701. The van der Waals surface area contributed by atoms with Gasteiger partial charge < -0.3 is 5.11 Å². The van der Waals surface area contributed by atoms with Gasteiger partial charge in [0.2, 0.25) is 0 Å². The van der Waals surface area contributed by atoms with E-state index in [2.05, 4.69) is 16.9 Å². The largest absolute Gasteiger partial charge is 0.481 e. The second kappa shape index (κ2) is 6.34. The SMILES string of the molecule is Cc1nn(Cc2ccc(Cl)cc2)c(C)c1CN1CC(C(=O)O)C1. The molecule has 1 fully saturated rings. The van der Waals surface area contributed by atoms with Gasteiger partial charge in [0.25, 0.3) is 0 Å². The number of nitrogens with zero attached hydrogens (tertiary/aromatic N) is 3. The number of hydrogen-bond acceptors (Lipinski definition) is 3. The van der Waals surface area contributed by atoms with Crippen LogP contribution in [0.3, 0.4) is 0 Å². The highest BCUT2D eigenvalue weighted by Gasteiger charge is 2.33. The molecule has 2 aromatic rings. The number of aromatic nitrogens is 2. The van der Waals surface area contributed by atoms with E-state index >= 15 is 0 Å². The summed E-state index contributed by atoms with van der Waals surface area (Å²) in [5, 5.41) is 14.3. The van der Waals surface area contributed by atoms with E-state index in [1.54, 1.807) is 0 Å². The average Bonchev–Trinajstić information content (AvgIpc) is 2.71. The van der Waals surface area contributed by atoms with E-state index in [0.29, 0.717) is 19.6 Å². The maximum atomic E-state index is 10.9. The zero-order valence-electron chi connectivity index (χ0n) is 13.3. The second-order valence-corrected chi connectivity index (χ2v) is 6.60. The lowest BCUT2D eigenvalue weighted by Crippen LogP contribution is -2.49. The minimum Gasteiger partial charge on any atom is -0.481 e. The van der Waals surface area contributed by atoms with Crippen molar-refractivity contribution >= 4 is 17.6 Å². The van der Waals surface area contributed by atoms with Crippen LogP contribution in [0, 0.1) is 19.8 Å². The van der Waals surface area contributed by atoms with Crippen molar-refractivity contribution in [3.63, 3.8) is 0 Å². The third-order valence-corrected chi connectivity index (χ3v) is 4.72. The highest BCUT2D eigenvalue weighted by atomic mass is 35.5. The lowest BCUT2D eigenvalue weighted by molar-refractivity contribution is -0.147. The summed E-state index contributed by atoms with van der Waals surface area (Å²) in [6.45, 7) is 6.80. The summed E-state index contributed by atoms with van der Waals surface area (Å²) < 4.78 is 2.00. The van der Waals surface area contributed by atoms with Crippen molar-refractivity contribution in [3.8, 4) is 0 Å². The smallest absolute Gasteiger partial charge is 0.309 e. The maximum absolute atomic E-state index is 10.9. The average molecular weight is 334 g/mol. The van der Waals surface area contributed by atoms with Gasteiger partial charge in [0.1, 0.15) is 0 Å². The summed E-state index contributed by atoms with van der Waals surface area (Å²) in [6.07, 6.45) is 0. The van der Waals surface area contributed by atoms with Gasteiger partial charge in [-0.25, -0.2) is 0 Å². The predicted molar refractivity (Wildman–Crippen MR) is 88.7 cm³/mol. The molecule has 3 rings (SSSR count). The molecule has 1 saturated heterocycles. The summed E-state index contributed by atoms with van der Waals surface area (Å²) in [4.78, 5) is 13.0. The molecule has 0 radical (unpaired) electrons. The molecular formula is C17H20ClN3O2. The molecule has 1 aromatic carbocycles. The Morgan fingerprint density at radius 3 is 2.52 bits per heavy atom. The molecular weight excluding hydrogens is 314 g/mol. The van der Waals surface area contributed by atoms with Crippen molar-refractivity contribution in [1.82, 2.24) is 14.7 Å². The fourth-order valence-corrected chi connectivity index (χ4v) is 3.08. The summed E-state index contributed by atoms with van der Waals surface area (Å²) >= 11 is 5.92. The molecule has 0 amide bonds. The topological polar surface area (TPSA) is 58.4 Å². The molecule has 1 aromatic heterocycles. The van der Waals surface area contributed by atoms with Crippen molar-refractivity contribution in [3.05, 3.63) is 51.8 Å². The number of benzene rings is 1. The molecule has 5 nitrogen and oxygen atoms in total. The first-order valence-electron chi connectivity index (χ1n) is 7.66. The van der Waals surface area contributed by atoms with Gasteiger partial charge in [0.05, 0.1) is 18.2 Å². The Balaban J connectivity index is 1.70. The van der Waals surface area contributed by atoms with Gasteiger partial charge in [-0.3, -0.25) is 14.4 Å². The van der Waals surface area contributed by atoms with Crippen molar-refractivity contribution in [2.24, 2.45) is 5.92 Å². The van der Waals surface area contributed by atoms with Crippen LogP contribution in [0.15, 0.2) is 24.3 Å². The molecule has 1 N–H and O–H groups in total. The molecule has 0 unspecified atom stereocenters. The lowest BCUT2D eigenvalue weighted by atomic mass is 9.99. The van der Waals surface area contributed by atoms with Gasteiger partial charge in [0.15, 0.2) is 0 Å². The lowest BCUT2D eigenvalue weighted by Gasteiger charge is -2.36. The van der Waals surface area contributed by atoms with Crippen LogP contribution in [0.5, 0.6) is 0 Å². The Labute approximate surface area is 140 Å². The molecule has 23 heavy (non-hydrogen) atoms. The van der Waals surface area contributed by atoms with E-state index in [-0.39, 0.29) is 5.92 Å². The molecule has 0 aliphatic carbocycles. The minimum absolute atomic E-state index is 0.222. The van der Waals surface area contributed by atoms with Crippen LogP contribution in [-0.2, 0) is 17.9 Å². The van der Waals surface area contributed by atoms with Gasteiger partial charge in [-0.1, -0.05) is 23.7 Å². The quantitative estimate of drug-likeness (QED) is 0.914. The number of likely N-dealkylation sites (tertiary alicyclic amines) is 1. The number of aryl methyl sites for hydroxylation is 1. The molecule has 1 aliphatic rings. The third-order valence-electron chi connectivity index (χ3n) is 4.47. The summed E-state index contributed by atoms with van der Waals surface area (Å²) in [5.74, 6) is -0.923. The van der Waals surface area contributed by atoms with Crippen molar-refractivity contribution in [2.45, 2.75) is 26.9 Å². The van der Waals surface area contributed by atoms with E-state index in [1.165, 1.54) is 5.56 Å². The van der Waals surface area contributed by atoms with Gasteiger partial charge in [-0.2, -0.15) is 5.10 Å². The molecule has 2 heterocycles. The molecule has 1 aliphatic heterocycles. The Morgan fingerprint density at radius 1 is 1.26 bits per heavy atom. The number of rotatable bonds is 5. The molecule has 122 valence electrons. The van der Waals surface area contributed by atoms with Crippen molar-refractivity contribution in [1.29, 1.82) is 0 Å². The van der Waals surface area contributed by atoms with Crippen LogP contribution in [-0.4, -0.2) is 38.8 Å². The highest BCUT2D eigenvalue weighted by Crippen LogP contribution is 2.23. The van der Waals surface area contributed by atoms with E-state index in [9.17, 15) is 4.79 Å². The summed E-state index contributed by atoms with van der Waals surface area (Å²) in [7, 11) is 0. The number of carbonyl (C=O) groups is 1. The van der Waals surface area contributed by atoms with Crippen LogP contribution >= 0.6 is 11.6 Å². The first-order valence-corrected chi connectivity index (χ1v) is 8.04. The Kier molecular flexibility index (Phi) is 4.41. The van der Waals surface area contributed by atoms with Crippen molar-refractivity contribution in [2.75, 3.05) is 13.1 Å². The summed E-state index contributed by atoms with van der Waals surface area (Å²) in [6, 6.07) is 7.78. The normalized spacial score (nSPS) is 15.6. The van der Waals surface area contributed by atoms with E-state index in [4.69, 9.17) is 16.7 Å². The number of hydrogen-bond donors (Lipinski definition) is 1. The van der Waals surface area contributed by atoms with Gasteiger partial charge in [-0.15, -0.1) is 0 Å². The molecule has 0 saturated carbocycles. The molecule has 6 heteroatoms. The molecule has 0 bridgehead atoms. The monoisotopic (exact) mass is 333 g/mol. The fraction of sp³-hybridized carbons (Fsp3) is 0.412. The standard InChI is InChI=1S/C17H20ClN3O2/c1-11-16(10-20-8-14(9-20)17(22)23)12(2)21(19-11)7-13-3-5-15(18)6-4-13/h3-6,14H,7-10H2,1-2H3,(H,22,23). The molecule has 0 atom stereocenters.